The summed E-state index contributed by atoms with van der Waals surface area (Å²) in [5.74, 6) is 2.27. The molecular formula is C37H30O4. The molecule has 0 amide bonds. The van der Waals surface area contributed by atoms with Gasteiger partial charge in [-0.15, -0.1) is 0 Å². The minimum absolute atomic E-state index is 0.126. The molecule has 0 fully saturated rings. The fraction of sp³-hybridized carbons (Fsp3) is 0.135. The molecular weight excluding hydrogens is 508 g/mol. The van der Waals surface area contributed by atoms with Gasteiger partial charge in [-0.3, -0.25) is 9.59 Å². The standard InChI is InChI=1S/C27H18O3.C10H12O/c28-27(25-17-9-1-5-13-21(17)29-22-14-6-2-10-18(22)25)26-19-11-3-7-15-23(19)30-24-16-8-4-12-20(24)26;1-7-4-8(2)10(6-11)9(3)5-7/h1-16,25-26H;4-6H,1-3H3. The predicted molar refractivity (Wildman–Crippen MR) is 161 cm³/mol. The zero-order valence-corrected chi connectivity index (χ0v) is 23.3. The highest BCUT2D eigenvalue weighted by molar-refractivity contribution is 5.99. The van der Waals surface area contributed by atoms with Gasteiger partial charge < -0.3 is 9.47 Å². The largest absolute Gasteiger partial charge is 0.457 e. The number of rotatable bonds is 3. The van der Waals surface area contributed by atoms with E-state index >= 15 is 0 Å². The van der Waals surface area contributed by atoms with Crippen LogP contribution in [0.4, 0.5) is 0 Å². The van der Waals surface area contributed by atoms with Crippen molar-refractivity contribution in [2.45, 2.75) is 32.6 Å². The van der Waals surface area contributed by atoms with Gasteiger partial charge >= 0.3 is 0 Å². The Bertz CT molecular complexity index is 1570. The maximum atomic E-state index is 14.3. The van der Waals surface area contributed by atoms with E-state index in [0.717, 1.165) is 68.2 Å². The van der Waals surface area contributed by atoms with Gasteiger partial charge in [-0.05, 0) is 56.2 Å². The summed E-state index contributed by atoms with van der Waals surface area (Å²) < 4.78 is 12.2. The molecule has 0 aliphatic carbocycles. The van der Waals surface area contributed by atoms with Crippen LogP contribution in [0.2, 0.25) is 0 Å². The Kier molecular flexibility index (Phi) is 6.98. The van der Waals surface area contributed by atoms with E-state index < -0.39 is 11.8 Å². The van der Waals surface area contributed by atoms with Gasteiger partial charge in [0.15, 0.2) is 12.1 Å². The number of ketones is 1. The molecule has 202 valence electrons. The maximum Gasteiger partial charge on any atom is 0.157 e. The Morgan fingerprint density at radius 3 is 1.20 bits per heavy atom. The Balaban J connectivity index is 0.000000233. The van der Waals surface area contributed by atoms with Gasteiger partial charge in [0.2, 0.25) is 0 Å². The van der Waals surface area contributed by atoms with Crippen LogP contribution in [-0.2, 0) is 4.79 Å². The molecule has 0 saturated heterocycles. The number of carbonyl (C=O) groups excluding carboxylic acids is 2. The molecule has 2 heterocycles. The average molecular weight is 539 g/mol. The van der Waals surface area contributed by atoms with Gasteiger partial charge in [0, 0.05) is 27.8 Å². The van der Waals surface area contributed by atoms with Crippen molar-refractivity contribution >= 4 is 12.1 Å². The first kappa shape index (κ1) is 26.3. The quantitative estimate of drug-likeness (QED) is 0.215. The van der Waals surface area contributed by atoms with Crippen LogP contribution >= 0.6 is 0 Å². The molecule has 0 radical (unpaired) electrons. The van der Waals surface area contributed by atoms with E-state index in [1.54, 1.807) is 0 Å². The second-order valence-corrected chi connectivity index (χ2v) is 10.6. The SMILES string of the molecule is Cc1cc(C)c(C=O)c(C)c1.O=C(C1c2ccccc2Oc2ccccc21)C1c2ccccc2Oc2ccccc21. The number of fused-ring (bicyclic) bond motifs is 4. The van der Waals surface area contributed by atoms with Crippen molar-refractivity contribution in [1.29, 1.82) is 0 Å². The molecule has 4 nitrogen and oxygen atoms in total. The number of Topliss-reactive ketones (excluding diaryl/α,β-unsaturated/α-hetero) is 1. The summed E-state index contributed by atoms with van der Waals surface area (Å²) in [7, 11) is 0. The summed E-state index contributed by atoms with van der Waals surface area (Å²) in [5, 5.41) is 0. The Morgan fingerprint density at radius 2 is 0.878 bits per heavy atom. The van der Waals surface area contributed by atoms with E-state index in [0.29, 0.717) is 0 Å². The Morgan fingerprint density at radius 1 is 0.561 bits per heavy atom. The van der Waals surface area contributed by atoms with E-state index in [-0.39, 0.29) is 5.78 Å². The molecule has 0 N–H and O–H groups in total. The van der Waals surface area contributed by atoms with Crippen molar-refractivity contribution in [2.75, 3.05) is 0 Å². The van der Waals surface area contributed by atoms with Crippen molar-refractivity contribution in [2.24, 2.45) is 0 Å². The average Bonchev–Trinajstić information content (AvgIpc) is 2.98. The maximum absolute atomic E-state index is 14.3. The van der Waals surface area contributed by atoms with Crippen LogP contribution < -0.4 is 9.47 Å². The van der Waals surface area contributed by atoms with Gasteiger partial charge in [-0.25, -0.2) is 0 Å². The van der Waals surface area contributed by atoms with Gasteiger partial charge in [0.1, 0.15) is 23.0 Å². The number of benzene rings is 5. The van der Waals surface area contributed by atoms with Crippen LogP contribution in [0.25, 0.3) is 0 Å². The number of aldehydes is 1. The lowest BCUT2D eigenvalue weighted by Crippen LogP contribution is -2.27. The topological polar surface area (TPSA) is 52.6 Å². The van der Waals surface area contributed by atoms with E-state index in [9.17, 15) is 9.59 Å². The summed E-state index contributed by atoms with van der Waals surface area (Å²) >= 11 is 0. The first-order valence-corrected chi connectivity index (χ1v) is 13.7. The molecule has 41 heavy (non-hydrogen) atoms. The lowest BCUT2D eigenvalue weighted by molar-refractivity contribution is -0.120. The Hall–Kier alpha value is -4.96. The van der Waals surface area contributed by atoms with Crippen LogP contribution in [0.1, 0.15) is 61.1 Å². The lowest BCUT2D eigenvalue weighted by Gasteiger charge is -2.33. The molecule has 7 rings (SSSR count). The molecule has 5 aromatic rings. The highest BCUT2D eigenvalue weighted by Gasteiger charge is 2.40. The lowest BCUT2D eigenvalue weighted by atomic mass is 9.75. The number of ether oxygens (including phenoxy) is 2. The van der Waals surface area contributed by atoms with Gasteiger partial charge in [-0.1, -0.05) is 90.5 Å². The molecule has 0 aromatic heterocycles. The van der Waals surface area contributed by atoms with Crippen LogP contribution in [0.5, 0.6) is 23.0 Å². The van der Waals surface area contributed by atoms with Crippen LogP contribution in [-0.4, -0.2) is 12.1 Å². The second kappa shape index (κ2) is 10.9. The number of para-hydroxylation sites is 4. The molecule has 0 unspecified atom stereocenters. The zero-order valence-electron chi connectivity index (χ0n) is 23.3. The normalized spacial score (nSPS) is 13.1. The third-order valence-corrected chi connectivity index (χ3v) is 7.78. The van der Waals surface area contributed by atoms with Gasteiger partial charge in [0.05, 0.1) is 11.8 Å². The molecule has 0 bridgehead atoms. The highest BCUT2D eigenvalue weighted by atomic mass is 16.5. The molecule has 0 atom stereocenters. The van der Waals surface area contributed by atoms with Crippen molar-refractivity contribution < 1.29 is 19.1 Å². The summed E-state index contributed by atoms with van der Waals surface area (Å²) in [6.45, 7) is 5.96. The highest BCUT2D eigenvalue weighted by Crippen LogP contribution is 2.51. The first-order valence-electron chi connectivity index (χ1n) is 13.7. The minimum Gasteiger partial charge on any atom is -0.457 e. The summed E-state index contributed by atoms with van der Waals surface area (Å²) in [4.78, 5) is 24.9. The van der Waals surface area contributed by atoms with Gasteiger partial charge in [0.25, 0.3) is 0 Å². The fourth-order valence-electron chi connectivity index (χ4n) is 5.98. The van der Waals surface area contributed by atoms with E-state index in [2.05, 4.69) is 0 Å². The van der Waals surface area contributed by atoms with Crippen molar-refractivity contribution in [1.82, 2.24) is 0 Å². The summed E-state index contributed by atoms with van der Waals surface area (Å²) in [6.07, 6.45) is 0.921. The van der Waals surface area contributed by atoms with Gasteiger partial charge in [-0.2, -0.15) is 0 Å². The van der Waals surface area contributed by atoms with Crippen LogP contribution in [0.3, 0.4) is 0 Å². The number of aryl methyl sites for hydroxylation is 3. The van der Waals surface area contributed by atoms with E-state index in [1.165, 1.54) is 5.56 Å². The van der Waals surface area contributed by atoms with Crippen LogP contribution in [0.15, 0.2) is 109 Å². The monoisotopic (exact) mass is 538 g/mol. The van der Waals surface area contributed by atoms with Crippen LogP contribution in [0, 0.1) is 20.8 Å². The number of hydrogen-bond acceptors (Lipinski definition) is 4. The number of hydrogen-bond donors (Lipinski definition) is 0. The van der Waals surface area contributed by atoms with Crippen molar-refractivity contribution in [3.05, 3.63) is 154 Å². The molecule has 0 saturated carbocycles. The smallest absolute Gasteiger partial charge is 0.157 e. The minimum atomic E-state index is -0.407. The Labute approximate surface area is 240 Å². The van der Waals surface area contributed by atoms with E-state index in [1.807, 2.05) is 130 Å². The summed E-state index contributed by atoms with van der Waals surface area (Å²) in [6, 6.07) is 35.3. The molecule has 4 heteroatoms. The molecule has 0 spiro atoms. The fourth-order valence-corrected chi connectivity index (χ4v) is 5.98. The molecule has 2 aliphatic heterocycles. The third kappa shape index (κ3) is 4.82. The van der Waals surface area contributed by atoms with Crippen molar-refractivity contribution in [3.8, 4) is 23.0 Å². The molecule has 2 aliphatic rings. The second-order valence-electron chi connectivity index (χ2n) is 10.6. The zero-order chi connectivity index (χ0) is 28.5. The number of carbonyl (C=O) groups is 2. The van der Waals surface area contributed by atoms with E-state index in [4.69, 9.17) is 9.47 Å². The molecule has 5 aromatic carbocycles. The predicted octanol–water partition coefficient (Wildman–Crippen LogP) is 8.86. The first-order chi connectivity index (χ1) is 20.0. The third-order valence-electron chi connectivity index (χ3n) is 7.78. The summed E-state index contributed by atoms with van der Waals surface area (Å²) in [5.41, 5.74) is 7.80. The van der Waals surface area contributed by atoms with Crippen molar-refractivity contribution in [3.63, 3.8) is 0 Å².